The summed E-state index contributed by atoms with van der Waals surface area (Å²) in [4.78, 5) is 21.5. The van der Waals surface area contributed by atoms with Crippen LogP contribution in [0.25, 0.3) is 10.6 Å². The summed E-state index contributed by atoms with van der Waals surface area (Å²) in [5, 5.41) is 3.39. The lowest BCUT2D eigenvalue weighted by molar-refractivity contribution is -0.137. The first kappa shape index (κ1) is 21.8. The maximum atomic E-state index is 12.8. The van der Waals surface area contributed by atoms with Crippen molar-refractivity contribution in [1.29, 1.82) is 0 Å². The fraction of sp³-hybridized carbons (Fsp3) is 0.174. The Hall–Kier alpha value is -3.46. The molecule has 2 heterocycles. The number of thiazole rings is 1. The van der Waals surface area contributed by atoms with Gasteiger partial charge in [0.05, 0.1) is 17.6 Å². The van der Waals surface area contributed by atoms with Crippen molar-refractivity contribution in [2.45, 2.75) is 26.2 Å². The first-order valence-electron chi connectivity index (χ1n) is 9.76. The summed E-state index contributed by atoms with van der Waals surface area (Å²) in [5.41, 5.74) is 2.44. The number of nitrogens with one attached hydrogen (secondary N) is 1. The first-order chi connectivity index (χ1) is 15.3. The van der Waals surface area contributed by atoms with E-state index in [1.54, 1.807) is 19.4 Å². The second-order valence-corrected chi connectivity index (χ2v) is 8.24. The number of imidazole rings is 1. The van der Waals surface area contributed by atoms with Crippen molar-refractivity contribution >= 4 is 17.2 Å². The van der Waals surface area contributed by atoms with Gasteiger partial charge in [-0.1, -0.05) is 36.4 Å². The Bertz CT molecular complexity index is 1200. The molecule has 0 saturated heterocycles. The zero-order valence-corrected chi connectivity index (χ0v) is 17.9. The number of carbonyl (C=O) groups is 1. The lowest BCUT2D eigenvalue weighted by atomic mass is 10.1. The third kappa shape index (κ3) is 5.05. The molecule has 0 unspecified atom stereocenters. The normalized spacial score (nSPS) is 11.5. The minimum Gasteiger partial charge on any atom is -0.347 e. The third-order valence-corrected chi connectivity index (χ3v) is 6.07. The fourth-order valence-corrected chi connectivity index (χ4v) is 4.14. The maximum absolute atomic E-state index is 12.8. The Morgan fingerprint density at radius 2 is 1.75 bits per heavy atom. The van der Waals surface area contributed by atoms with Crippen LogP contribution < -0.4 is 5.32 Å². The van der Waals surface area contributed by atoms with Gasteiger partial charge in [-0.3, -0.25) is 4.79 Å². The standard InChI is InChI=1S/C23H19F3N4OS/c1-15-20(32-22(29-15)18-6-8-19(9-7-18)23(24,25)26)21(31)28-12-16-2-4-17(5-3-16)13-30-11-10-27-14-30/h2-11,14H,12-13H2,1H3,(H,28,31). The fourth-order valence-electron chi connectivity index (χ4n) is 3.15. The van der Waals surface area contributed by atoms with Crippen LogP contribution in [-0.4, -0.2) is 20.4 Å². The largest absolute Gasteiger partial charge is 0.416 e. The van der Waals surface area contributed by atoms with Gasteiger partial charge in [-0.05, 0) is 30.2 Å². The zero-order chi connectivity index (χ0) is 22.7. The van der Waals surface area contributed by atoms with Gasteiger partial charge < -0.3 is 9.88 Å². The van der Waals surface area contributed by atoms with Gasteiger partial charge in [0.15, 0.2) is 0 Å². The monoisotopic (exact) mass is 456 g/mol. The van der Waals surface area contributed by atoms with Gasteiger partial charge in [0.25, 0.3) is 5.91 Å². The van der Waals surface area contributed by atoms with Crippen molar-refractivity contribution < 1.29 is 18.0 Å². The molecule has 0 aliphatic heterocycles. The van der Waals surface area contributed by atoms with Crippen LogP contribution in [0.2, 0.25) is 0 Å². The molecule has 4 rings (SSSR count). The molecule has 5 nitrogen and oxygen atoms in total. The van der Waals surface area contributed by atoms with Gasteiger partial charge in [-0.2, -0.15) is 13.2 Å². The molecule has 1 N–H and O–H groups in total. The number of hydrogen-bond acceptors (Lipinski definition) is 4. The molecule has 0 saturated carbocycles. The average Bonchev–Trinajstić information content (AvgIpc) is 3.42. The number of benzene rings is 2. The SMILES string of the molecule is Cc1nc(-c2ccc(C(F)(F)F)cc2)sc1C(=O)NCc1ccc(Cn2ccnc2)cc1. The van der Waals surface area contributed by atoms with Crippen LogP contribution in [0.15, 0.2) is 67.3 Å². The molecule has 0 atom stereocenters. The molecule has 32 heavy (non-hydrogen) atoms. The predicted octanol–water partition coefficient (Wildman–Crippen LogP) is 5.31. The number of aromatic nitrogens is 3. The second kappa shape index (κ2) is 8.96. The lowest BCUT2D eigenvalue weighted by Gasteiger charge is -2.07. The van der Waals surface area contributed by atoms with Gasteiger partial charge in [0.1, 0.15) is 9.88 Å². The van der Waals surface area contributed by atoms with E-state index in [-0.39, 0.29) is 5.91 Å². The van der Waals surface area contributed by atoms with Gasteiger partial charge in [-0.15, -0.1) is 11.3 Å². The Morgan fingerprint density at radius 1 is 1.06 bits per heavy atom. The summed E-state index contributed by atoms with van der Waals surface area (Å²) in [7, 11) is 0. The highest BCUT2D eigenvalue weighted by atomic mass is 32.1. The van der Waals surface area contributed by atoms with Crippen LogP contribution in [0.4, 0.5) is 13.2 Å². The van der Waals surface area contributed by atoms with E-state index in [1.807, 2.05) is 35.0 Å². The summed E-state index contributed by atoms with van der Waals surface area (Å²) in [5.74, 6) is -0.263. The van der Waals surface area contributed by atoms with E-state index in [0.717, 1.165) is 41.1 Å². The Morgan fingerprint density at radius 3 is 2.38 bits per heavy atom. The van der Waals surface area contributed by atoms with Gasteiger partial charge >= 0.3 is 6.18 Å². The zero-order valence-electron chi connectivity index (χ0n) is 17.1. The first-order valence-corrected chi connectivity index (χ1v) is 10.6. The molecule has 164 valence electrons. The Kier molecular flexibility index (Phi) is 6.09. The number of alkyl halides is 3. The second-order valence-electron chi connectivity index (χ2n) is 7.24. The Balaban J connectivity index is 1.39. The molecular weight excluding hydrogens is 437 g/mol. The summed E-state index contributed by atoms with van der Waals surface area (Å²) in [6.07, 6.45) is 0.989. The molecule has 2 aromatic heterocycles. The van der Waals surface area contributed by atoms with E-state index in [0.29, 0.717) is 27.7 Å². The number of halogens is 3. The van der Waals surface area contributed by atoms with Crippen molar-refractivity contribution in [2.75, 3.05) is 0 Å². The topological polar surface area (TPSA) is 59.8 Å². The molecule has 9 heteroatoms. The summed E-state index contributed by atoms with van der Waals surface area (Å²) in [6, 6.07) is 12.7. The third-order valence-electron chi connectivity index (χ3n) is 4.86. The van der Waals surface area contributed by atoms with E-state index in [2.05, 4.69) is 15.3 Å². The van der Waals surface area contributed by atoms with Crippen molar-refractivity contribution in [1.82, 2.24) is 19.9 Å². The molecule has 4 aromatic rings. The molecule has 0 spiro atoms. The highest BCUT2D eigenvalue weighted by molar-refractivity contribution is 7.17. The molecule has 0 bridgehead atoms. The van der Waals surface area contributed by atoms with Gasteiger partial charge in [-0.25, -0.2) is 9.97 Å². The number of nitrogens with zero attached hydrogens (tertiary/aromatic N) is 3. The van der Waals surface area contributed by atoms with E-state index in [4.69, 9.17) is 0 Å². The maximum Gasteiger partial charge on any atom is 0.416 e. The number of carbonyl (C=O) groups excluding carboxylic acids is 1. The molecule has 2 aromatic carbocycles. The van der Waals surface area contributed by atoms with E-state index >= 15 is 0 Å². The number of amides is 1. The summed E-state index contributed by atoms with van der Waals surface area (Å²) < 4.78 is 40.2. The van der Waals surface area contributed by atoms with Crippen LogP contribution in [0.1, 0.15) is 32.1 Å². The molecule has 0 fully saturated rings. The molecule has 0 aliphatic rings. The smallest absolute Gasteiger partial charge is 0.347 e. The van der Waals surface area contributed by atoms with Crippen LogP contribution in [0.5, 0.6) is 0 Å². The van der Waals surface area contributed by atoms with Gasteiger partial charge in [0, 0.05) is 31.0 Å². The van der Waals surface area contributed by atoms with Crippen LogP contribution >= 0.6 is 11.3 Å². The van der Waals surface area contributed by atoms with E-state index in [9.17, 15) is 18.0 Å². The molecule has 0 radical (unpaired) electrons. The minimum atomic E-state index is -4.39. The van der Waals surface area contributed by atoms with Crippen molar-refractivity contribution in [3.63, 3.8) is 0 Å². The molecule has 0 aliphatic carbocycles. The Labute approximate surface area is 186 Å². The van der Waals surface area contributed by atoms with Gasteiger partial charge in [0.2, 0.25) is 0 Å². The minimum absolute atomic E-state index is 0.263. The van der Waals surface area contributed by atoms with Crippen molar-refractivity contribution in [2.24, 2.45) is 0 Å². The number of aryl methyl sites for hydroxylation is 1. The number of rotatable bonds is 6. The molecular formula is C23H19F3N4OS. The van der Waals surface area contributed by atoms with Crippen molar-refractivity contribution in [3.05, 3.63) is 94.5 Å². The summed E-state index contributed by atoms with van der Waals surface area (Å²) >= 11 is 1.16. The molecule has 1 amide bonds. The predicted molar refractivity (Wildman–Crippen MR) is 116 cm³/mol. The van der Waals surface area contributed by atoms with Crippen LogP contribution in [-0.2, 0) is 19.3 Å². The van der Waals surface area contributed by atoms with E-state index < -0.39 is 11.7 Å². The van der Waals surface area contributed by atoms with E-state index in [1.165, 1.54) is 12.1 Å². The summed E-state index contributed by atoms with van der Waals surface area (Å²) in [6.45, 7) is 2.79. The highest BCUT2D eigenvalue weighted by Crippen LogP contribution is 2.33. The quantitative estimate of drug-likeness (QED) is 0.428. The lowest BCUT2D eigenvalue weighted by Crippen LogP contribution is -2.22. The average molecular weight is 456 g/mol. The van der Waals surface area contributed by atoms with Crippen LogP contribution in [0, 0.1) is 6.92 Å². The highest BCUT2D eigenvalue weighted by Gasteiger charge is 2.30. The van der Waals surface area contributed by atoms with Crippen LogP contribution in [0.3, 0.4) is 0 Å². The van der Waals surface area contributed by atoms with Crippen molar-refractivity contribution in [3.8, 4) is 10.6 Å². The number of hydrogen-bond donors (Lipinski definition) is 1.